The molecule has 0 radical (unpaired) electrons. The maximum absolute atomic E-state index is 9.22. The first kappa shape index (κ1) is 13.8. The van der Waals surface area contributed by atoms with Crippen LogP contribution >= 0.6 is 22.6 Å². The van der Waals surface area contributed by atoms with Crippen molar-refractivity contribution in [1.29, 1.82) is 0 Å². The van der Waals surface area contributed by atoms with E-state index >= 15 is 0 Å². The second-order valence-corrected chi connectivity index (χ2v) is 4.46. The molecule has 1 rings (SSSR count). The van der Waals surface area contributed by atoms with Gasteiger partial charge in [0, 0.05) is 34.7 Å². The molecular formula is C7H10INO4S. The molecule has 0 aliphatic rings. The summed E-state index contributed by atoms with van der Waals surface area (Å²) in [5.74, 6) is 0. The quantitative estimate of drug-likeness (QED) is 0.243. The Morgan fingerprint density at radius 2 is 2.00 bits per heavy atom. The Balaban J connectivity index is 0.000000255. The second-order valence-electron chi connectivity index (χ2n) is 2.21. The number of rotatable bonds is 1. The molecule has 7 heteroatoms. The lowest BCUT2D eigenvalue weighted by molar-refractivity contribution is -0.684. The van der Waals surface area contributed by atoms with Gasteiger partial charge >= 0.3 is 0 Å². The van der Waals surface area contributed by atoms with E-state index in [4.69, 9.17) is 0 Å². The highest BCUT2D eigenvalue weighted by Gasteiger charge is 1.94. The van der Waals surface area contributed by atoms with Gasteiger partial charge in [0.05, 0.1) is 7.11 Å². The molecule has 1 heterocycles. The Morgan fingerprint density at radius 1 is 1.50 bits per heavy atom. The van der Waals surface area contributed by atoms with Gasteiger partial charge in [0.2, 0.25) is 14.1 Å². The maximum atomic E-state index is 9.22. The molecule has 0 bridgehead atoms. The molecule has 0 unspecified atom stereocenters. The molecule has 0 N–H and O–H groups in total. The zero-order valence-electron chi connectivity index (χ0n) is 7.68. The molecule has 0 amide bonds. The first-order valence-corrected chi connectivity index (χ1v) is 5.89. The zero-order valence-corrected chi connectivity index (χ0v) is 10.6. The molecule has 0 aliphatic heterocycles. The van der Waals surface area contributed by atoms with E-state index in [1.807, 2.05) is 25.4 Å². The lowest BCUT2D eigenvalue weighted by Crippen LogP contribution is -2.30. The zero-order chi connectivity index (χ0) is 11.2. The van der Waals surface area contributed by atoms with Crippen molar-refractivity contribution in [2.45, 2.75) is 0 Å². The highest BCUT2D eigenvalue weighted by Crippen LogP contribution is 1.92. The molecule has 0 fully saturated rings. The summed E-state index contributed by atoms with van der Waals surface area (Å²) in [6, 6.07) is 6.12. The molecule has 80 valence electrons. The van der Waals surface area contributed by atoms with Crippen LogP contribution in [-0.2, 0) is 21.6 Å². The van der Waals surface area contributed by atoms with Gasteiger partial charge < -0.3 is 4.55 Å². The summed E-state index contributed by atoms with van der Waals surface area (Å²) in [4.78, 5) is 0. The minimum absolute atomic E-state index is 0.808. The Labute approximate surface area is 96.8 Å². The molecule has 5 nitrogen and oxygen atoms in total. The summed E-state index contributed by atoms with van der Waals surface area (Å²) in [6.45, 7) is 0. The Bertz CT molecular complexity index is 358. The molecule has 0 spiro atoms. The predicted octanol–water partition coefficient (Wildman–Crippen LogP) is 0.209. The number of hydrogen-bond donors (Lipinski definition) is 0. The number of hydrogen-bond acceptors (Lipinski definition) is 4. The molecule has 1 aromatic heterocycles. The molecule has 1 aromatic rings. The van der Waals surface area contributed by atoms with Crippen molar-refractivity contribution in [1.82, 2.24) is 0 Å². The molecule has 0 saturated carbocycles. The fourth-order valence-electron chi connectivity index (χ4n) is 0.503. The second kappa shape index (κ2) is 6.27. The van der Waals surface area contributed by atoms with Crippen molar-refractivity contribution >= 4 is 33.0 Å². The van der Waals surface area contributed by atoms with Gasteiger partial charge in [-0.3, -0.25) is 4.18 Å². The number of aromatic nitrogens is 1. The van der Waals surface area contributed by atoms with Gasteiger partial charge in [-0.2, -0.15) is 4.57 Å². The summed E-state index contributed by atoms with van der Waals surface area (Å²) in [5.41, 5.74) is 0. The lowest BCUT2D eigenvalue weighted by Gasteiger charge is -1.98. The van der Waals surface area contributed by atoms with Gasteiger partial charge in [-0.25, -0.2) is 8.42 Å². The van der Waals surface area contributed by atoms with E-state index in [1.54, 1.807) is 0 Å². The smallest absolute Gasteiger partial charge is 0.240 e. The van der Waals surface area contributed by atoms with Gasteiger partial charge in [-0.15, -0.1) is 0 Å². The van der Waals surface area contributed by atoms with Crippen molar-refractivity contribution in [3.8, 4) is 0 Å². The van der Waals surface area contributed by atoms with Gasteiger partial charge in [0.15, 0.2) is 6.20 Å². The van der Waals surface area contributed by atoms with E-state index in [-0.39, 0.29) is 0 Å². The van der Waals surface area contributed by atoms with E-state index in [0.29, 0.717) is 0 Å². The van der Waals surface area contributed by atoms with Crippen molar-refractivity contribution in [2.75, 3.05) is 7.11 Å². The van der Waals surface area contributed by atoms with Crippen LogP contribution in [0.25, 0.3) is 0 Å². The van der Waals surface area contributed by atoms with Crippen molar-refractivity contribution in [3.63, 3.8) is 0 Å². The van der Waals surface area contributed by atoms with Crippen LogP contribution < -0.4 is 4.57 Å². The maximum Gasteiger partial charge on any atom is 0.240 e. The average molecular weight is 331 g/mol. The minimum Gasteiger partial charge on any atom is -0.726 e. The van der Waals surface area contributed by atoms with Crippen LogP contribution in [0.4, 0.5) is 0 Å². The van der Waals surface area contributed by atoms with Crippen molar-refractivity contribution in [2.24, 2.45) is 7.05 Å². The van der Waals surface area contributed by atoms with Crippen molar-refractivity contribution < 1.29 is 21.7 Å². The molecule has 0 atom stereocenters. The molecule has 0 saturated heterocycles. The first-order chi connectivity index (χ1) is 6.37. The van der Waals surface area contributed by atoms with Crippen LogP contribution in [-0.4, -0.2) is 20.1 Å². The summed E-state index contributed by atoms with van der Waals surface area (Å²) < 4.78 is 34.3. The van der Waals surface area contributed by atoms with Crippen LogP contribution in [0.1, 0.15) is 0 Å². The minimum atomic E-state index is -4.41. The van der Waals surface area contributed by atoms with Gasteiger partial charge in [0.25, 0.3) is 0 Å². The predicted molar refractivity (Wildman–Crippen MR) is 57.0 cm³/mol. The Kier molecular flexibility index (Phi) is 6.16. The van der Waals surface area contributed by atoms with Crippen LogP contribution in [0.2, 0.25) is 0 Å². The third kappa shape index (κ3) is 7.18. The number of nitrogens with zero attached hydrogens (tertiary/aromatic N) is 1. The molecule has 14 heavy (non-hydrogen) atoms. The van der Waals surface area contributed by atoms with Gasteiger partial charge in [0.1, 0.15) is 7.05 Å². The van der Waals surface area contributed by atoms with E-state index < -0.39 is 10.4 Å². The van der Waals surface area contributed by atoms with Crippen LogP contribution in [0.15, 0.2) is 24.4 Å². The third-order valence-corrected chi connectivity index (χ3v) is 2.72. The standard InChI is InChI=1S/C6H7IN.CH4O4S/c1-8-5-3-2-4-6(8)7;1-5-6(2,3)4/h2-5H,1H3;1H3,(H,2,3,4)/q+1;/p-1. The third-order valence-electron chi connectivity index (χ3n) is 1.20. The largest absolute Gasteiger partial charge is 0.726 e. The van der Waals surface area contributed by atoms with Crippen LogP contribution in [0.5, 0.6) is 0 Å². The average Bonchev–Trinajstić information content (AvgIpc) is 2.10. The molecular weight excluding hydrogens is 321 g/mol. The van der Waals surface area contributed by atoms with E-state index in [9.17, 15) is 13.0 Å². The number of pyridine rings is 1. The fourth-order valence-corrected chi connectivity index (χ4v) is 0.871. The topological polar surface area (TPSA) is 70.3 Å². The highest BCUT2D eigenvalue weighted by atomic mass is 127. The normalized spacial score (nSPS) is 10.3. The number of halogens is 1. The summed E-state index contributed by atoms with van der Waals surface area (Å²) >= 11 is 2.29. The summed E-state index contributed by atoms with van der Waals surface area (Å²) in [7, 11) is -1.57. The fraction of sp³-hybridized carbons (Fsp3) is 0.286. The van der Waals surface area contributed by atoms with Crippen LogP contribution in [0.3, 0.4) is 0 Å². The van der Waals surface area contributed by atoms with Gasteiger partial charge in [-0.1, -0.05) is 0 Å². The van der Waals surface area contributed by atoms with E-state index in [2.05, 4.69) is 37.4 Å². The lowest BCUT2D eigenvalue weighted by atomic mass is 10.5. The van der Waals surface area contributed by atoms with E-state index in [0.717, 1.165) is 7.11 Å². The van der Waals surface area contributed by atoms with Gasteiger partial charge in [-0.05, 0) is 6.07 Å². The number of aryl methyl sites for hydroxylation is 1. The molecule has 0 aliphatic carbocycles. The monoisotopic (exact) mass is 331 g/mol. The highest BCUT2D eigenvalue weighted by molar-refractivity contribution is 14.1. The Morgan fingerprint density at radius 3 is 2.21 bits per heavy atom. The van der Waals surface area contributed by atoms with Crippen LogP contribution in [0, 0.1) is 3.70 Å². The first-order valence-electron chi connectivity index (χ1n) is 3.48. The summed E-state index contributed by atoms with van der Waals surface area (Å²) in [5, 5.41) is 0. The summed E-state index contributed by atoms with van der Waals surface area (Å²) in [6.07, 6.45) is 2.03. The molecule has 0 aromatic carbocycles. The van der Waals surface area contributed by atoms with E-state index in [1.165, 1.54) is 3.70 Å². The SMILES string of the molecule is COS(=O)(=O)[O-].C[n+]1ccccc1I. The Hall–Kier alpha value is -0.250. The van der Waals surface area contributed by atoms with Crippen molar-refractivity contribution in [3.05, 3.63) is 28.1 Å².